The number of thiophene rings is 1. The van der Waals surface area contributed by atoms with Crippen LogP contribution in [0.1, 0.15) is 16.0 Å². The number of ether oxygens (including phenoxy) is 1. The molecule has 1 N–H and O–H groups in total. The van der Waals surface area contributed by atoms with Crippen molar-refractivity contribution in [2.24, 2.45) is 0 Å². The molecule has 0 aliphatic rings. The Labute approximate surface area is 115 Å². The van der Waals surface area contributed by atoms with E-state index in [2.05, 4.69) is 11.8 Å². The molecule has 1 heterocycles. The van der Waals surface area contributed by atoms with Gasteiger partial charge in [0.05, 0.1) is 4.88 Å². The Morgan fingerprint density at radius 3 is 3.00 bits per heavy atom. The summed E-state index contributed by atoms with van der Waals surface area (Å²) in [5.74, 6) is 5.35. The van der Waals surface area contributed by atoms with Gasteiger partial charge < -0.3 is 9.84 Å². The highest BCUT2D eigenvalue weighted by molar-refractivity contribution is 7.10. The van der Waals surface area contributed by atoms with Gasteiger partial charge in [0.25, 0.3) is 0 Å². The molecule has 2 aromatic rings. The first kappa shape index (κ1) is 13.6. The average Bonchev–Trinajstić information content (AvgIpc) is 2.85. The van der Waals surface area contributed by atoms with Crippen LogP contribution in [0.2, 0.25) is 0 Å². The summed E-state index contributed by atoms with van der Waals surface area (Å²) in [5, 5.41) is 10.6. The standard InChI is InChI=1S/C15H13FO2S/c1-11-4-2-6-13(15(11)16)18-10-14-12(5-3-8-17)7-9-19-14/h2,4,6-7,9,17H,8,10H2,1H3. The van der Waals surface area contributed by atoms with Crippen LogP contribution >= 0.6 is 11.3 Å². The second kappa shape index (κ2) is 6.37. The van der Waals surface area contributed by atoms with Crippen LogP contribution in [0.4, 0.5) is 4.39 Å². The van der Waals surface area contributed by atoms with E-state index in [-0.39, 0.29) is 24.8 Å². The molecule has 19 heavy (non-hydrogen) atoms. The molecular formula is C15H13FO2S. The molecule has 0 unspecified atom stereocenters. The molecule has 0 spiro atoms. The fourth-order valence-corrected chi connectivity index (χ4v) is 2.32. The van der Waals surface area contributed by atoms with E-state index in [0.29, 0.717) is 5.56 Å². The zero-order valence-corrected chi connectivity index (χ0v) is 11.3. The molecule has 0 saturated heterocycles. The number of aliphatic hydroxyl groups excluding tert-OH is 1. The molecule has 1 aromatic heterocycles. The third-order valence-electron chi connectivity index (χ3n) is 2.56. The van der Waals surface area contributed by atoms with Gasteiger partial charge in [-0.15, -0.1) is 11.3 Å². The summed E-state index contributed by atoms with van der Waals surface area (Å²) in [6.07, 6.45) is 0. The summed E-state index contributed by atoms with van der Waals surface area (Å²) < 4.78 is 19.2. The number of benzene rings is 1. The minimum Gasteiger partial charge on any atom is -0.485 e. The van der Waals surface area contributed by atoms with Gasteiger partial charge in [0.15, 0.2) is 11.6 Å². The van der Waals surface area contributed by atoms with Gasteiger partial charge in [-0.1, -0.05) is 24.0 Å². The lowest BCUT2D eigenvalue weighted by Gasteiger charge is -2.07. The summed E-state index contributed by atoms with van der Waals surface area (Å²) in [4.78, 5) is 0.918. The lowest BCUT2D eigenvalue weighted by molar-refractivity contribution is 0.292. The molecule has 0 aliphatic heterocycles. The van der Waals surface area contributed by atoms with Crippen LogP contribution in [0.25, 0.3) is 0 Å². The summed E-state index contributed by atoms with van der Waals surface area (Å²) in [6, 6.07) is 6.92. The SMILES string of the molecule is Cc1cccc(OCc2sccc2C#CCO)c1F. The maximum atomic E-state index is 13.8. The Hall–Kier alpha value is -1.83. The average molecular weight is 276 g/mol. The minimum absolute atomic E-state index is 0.178. The number of halogens is 1. The van der Waals surface area contributed by atoms with Crippen LogP contribution in [0.3, 0.4) is 0 Å². The van der Waals surface area contributed by atoms with E-state index in [1.807, 2.05) is 11.4 Å². The molecule has 0 fully saturated rings. The lowest BCUT2D eigenvalue weighted by Crippen LogP contribution is -1.98. The summed E-state index contributed by atoms with van der Waals surface area (Å²) in [5.41, 5.74) is 1.37. The molecular weight excluding hydrogens is 263 g/mol. The van der Waals surface area contributed by atoms with E-state index in [9.17, 15) is 4.39 Å². The third kappa shape index (κ3) is 3.34. The Morgan fingerprint density at radius 1 is 1.37 bits per heavy atom. The van der Waals surface area contributed by atoms with Crippen molar-refractivity contribution in [3.8, 4) is 17.6 Å². The van der Waals surface area contributed by atoms with E-state index in [4.69, 9.17) is 9.84 Å². The Kier molecular flexibility index (Phi) is 4.56. The Balaban J connectivity index is 2.11. The topological polar surface area (TPSA) is 29.5 Å². The summed E-state index contributed by atoms with van der Waals surface area (Å²) in [7, 11) is 0. The number of hydrogen-bond acceptors (Lipinski definition) is 3. The van der Waals surface area contributed by atoms with Crippen LogP contribution < -0.4 is 4.74 Å². The molecule has 0 atom stereocenters. The first-order valence-corrected chi connectivity index (χ1v) is 6.64. The summed E-state index contributed by atoms with van der Waals surface area (Å²) in [6.45, 7) is 1.79. The smallest absolute Gasteiger partial charge is 0.167 e. The highest BCUT2D eigenvalue weighted by Crippen LogP contribution is 2.23. The van der Waals surface area contributed by atoms with Gasteiger partial charge in [-0.3, -0.25) is 0 Å². The third-order valence-corrected chi connectivity index (χ3v) is 3.46. The van der Waals surface area contributed by atoms with Crippen LogP contribution in [-0.4, -0.2) is 11.7 Å². The van der Waals surface area contributed by atoms with Gasteiger partial charge >= 0.3 is 0 Å². The largest absolute Gasteiger partial charge is 0.485 e. The van der Waals surface area contributed by atoms with Crippen molar-refractivity contribution in [3.05, 3.63) is 51.5 Å². The van der Waals surface area contributed by atoms with E-state index in [1.54, 1.807) is 25.1 Å². The number of rotatable bonds is 3. The number of aliphatic hydroxyl groups is 1. The number of hydrogen-bond donors (Lipinski definition) is 1. The van der Waals surface area contributed by atoms with E-state index in [1.165, 1.54) is 11.3 Å². The van der Waals surface area contributed by atoms with Crippen LogP contribution in [-0.2, 0) is 6.61 Å². The second-order valence-electron chi connectivity index (χ2n) is 3.89. The zero-order chi connectivity index (χ0) is 13.7. The Morgan fingerprint density at radius 2 is 2.21 bits per heavy atom. The molecule has 0 bridgehead atoms. The van der Waals surface area contributed by atoms with Gasteiger partial charge in [-0.05, 0) is 30.0 Å². The zero-order valence-electron chi connectivity index (χ0n) is 10.4. The van der Waals surface area contributed by atoms with Crippen molar-refractivity contribution in [2.75, 3.05) is 6.61 Å². The van der Waals surface area contributed by atoms with Gasteiger partial charge in [0.1, 0.15) is 13.2 Å². The van der Waals surface area contributed by atoms with E-state index >= 15 is 0 Å². The van der Waals surface area contributed by atoms with Crippen LogP contribution in [0, 0.1) is 24.6 Å². The highest BCUT2D eigenvalue weighted by Gasteiger charge is 2.08. The van der Waals surface area contributed by atoms with Gasteiger partial charge in [-0.25, -0.2) is 4.39 Å². The van der Waals surface area contributed by atoms with Crippen molar-refractivity contribution in [3.63, 3.8) is 0 Å². The lowest BCUT2D eigenvalue weighted by atomic mass is 10.2. The maximum Gasteiger partial charge on any atom is 0.167 e. The molecule has 0 amide bonds. The molecule has 0 aliphatic carbocycles. The predicted molar refractivity (Wildman–Crippen MR) is 73.8 cm³/mol. The van der Waals surface area contributed by atoms with Crippen molar-refractivity contribution < 1.29 is 14.2 Å². The number of aryl methyl sites for hydroxylation is 1. The van der Waals surface area contributed by atoms with Gasteiger partial charge in [0, 0.05) is 5.56 Å². The molecule has 2 nitrogen and oxygen atoms in total. The fourth-order valence-electron chi connectivity index (χ4n) is 1.57. The molecule has 0 radical (unpaired) electrons. The van der Waals surface area contributed by atoms with E-state index < -0.39 is 0 Å². The normalized spacial score (nSPS) is 9.84. The fraction of sp³-hybridized carbons (Fsp3) is 0.200. The van der Waals surface area contributed by atoms with Gasteiger partial charge in [0.2, 0.25) is 0 Å². The first-order valence-electron chi connectivity index (χ1n) is 5.76. The van der Waals surface area contributed by atoms with Crippen molar-refractivity contribution in [2.45, 2.75) is 13.5 Å². The van der Waals surface area contributed by atoms with Crippen molar-refractivity contribution in [1.82, 2.24) is 0 Å². The Bertz CT molecular complexity index is 623. The molecule has 98 valence electrons. The molecule has 4 heteroatoms. The predicted octanol–water partition coefficient (Wildman–Crippen LogP) is 3.12. The monoisotopic (exact) mass is 276 g/mol. The van der Waals surface area contributed by atoms with E-state index in [0.717, 1.165) is 10.4 Å². The van der Waals surface area contributed by atoms with Crippen molar-refractivity contribution in [1.29, 1.82) is 0 Å². The molecule has 1 aromatic carbocycles. The molecule has 0 saturated carbocycles. The maximum absolute atomic E-state index is 13.8. The second-order valence-corrected chi connectivity index (χ2v) is 4.89. The first-order chi connectivity index (χ1) is 9.22. The molecule has 2 rings (SSSR count). The summed E-state index contributed by atoms with van der Waals surface area (Å²) >= 11 is 1.50. The van der Waals surface area contributed by atoms with Crippen LogP contribution in [0.15, 0.2) is 29.6 Å². The van der Waals surface area contributed by atoms with Gasteiger partial charge in [-0.2, -0.15) is 0 Å². The highest BCUT2D eigenvalue weighted by atomic mass is 32.1. The minimum atomic E-state index is -0.331. The quantitative estimate of drug-likeness (QED) is 0.873. The van der Waals surface area contributed by atoms with Crippen molar-refractivity contribution >= 4 is 11.3 Å². The van der Waals surface area contributed by atoms with Crippen LogP contribution in [0.5, 0.6) is 5.75 Å².